The number of fused-ring (bicyclic) bond motifs is 1. The Bertz CT molecular complexity index is 174. The Balaban J connectivity index is 2.12. The molecule has 0 aromatic rings. The monoisotopic (exact) mass is 139 g/mol. The van der Waals surface area contributed by atoms with Crippen LogP contribution < -0.4 is 0 Å². The third-order valence-corrected chi connectivity index (χ3v) is 3.66. The molecule has 10 heavy (non-hydrogen) atoms. The quantitative estimate of drug-likeness (QED) is 0.502. The Hall–Kier alpha value is -0.0400. The zero-order valence-corrected chi connectivity index (χ0v) is 7.44. The molecule has 2 aliphatic rings. The molecule has 0 aromatic heterocycles. The maximum absolute atomic E-state index is 2.65. The van der Waals surface area contributed by atoms with Crippen molar-refractivity contribution in [1.82, 2.24) is 4.90 Å². The average Bonchev–Trinajstić information content (AvgIpc) is 2.25. The average molecular weight is 139 g/mol. The third kappa shape index (κ3) is 0.493. The van der Waals surface area contributed by atoms with E-state index in [2.05, 4.69) is 32.6 Å². The van der Waals surface area contributed by atoms with Gasteiger partial charge in [-0.2, -0.15) is 0 Å². The van der Waals surface area contributed by atoms with Crippen LogP contribution in [0.2, 0.25) is 0 Å². The van der Waals surface area contributed by atoms with Crippen molar-refractivity contribution in [2.75, 3.05) is 0 Å². The molecule has 2 rings (SSSR count). The van der Waals surface area contributed by atoms with Crippen LogP contribution >= 0.6 is 0 Å². The van der Waals surface area contributed by atoms with E-state index in [1.165, 1.54) is 12.8 Å². The molecule has 0 aliphatic carbocycles. The predicted octanol–water partition coefficient (Wildman–Crippen LogP) is 2.02. The van der Waals surface area contributed by atoms with Crippen LogP contribution in [-0.2, 0) is 0 Å². The Kier molecular flexibility index (Phi) is 0.949. The van der Waals surface area contributed by atoms with Crippen molar-refractivity contribution >= 4 is 0 Å². The molecule has 3 atom stereocenters. The van der Waals surface area contributed by atoms with Gasteiger partial charge in [0, 0.05) is 17.1 Å². The molecule has 2 saturated heterocycles. The molecule has 1 nitrogen and oxygen atoms in total. The lowest BCUT2D eigenvalue weighted by atomic mass is 9.87. The van der Waals surface area contributed by atoms with E-state index in [1.807, 2.05) is 0 Å². The second-order valence-corrected chi connectivity index (χ2v) is 4.59. The number of hydrogen-bond acceptors (Lipinski definition) is 1. The van der Waals surface area contributed by atoms with E-state index in [0.29, 0.717) is 11.1 Å². The lowest BCUT2D eigenvalue weighted by Gasteiger charge is -2.39. The first-order chi connectivity index (χ1) is 4.52. The Morgan fingerprint density at radius 2 is 2.00 bits per heavy atom. The largest absolute Gasteiger partial charge is 0.286 e. The molecule has 2 aliphatic heterocycles. The van der Waals surface area contributed by atoms with E-state index in [1.54, 1.807) is 0 Å². The van der Waals surface area contributed by atoms with Crippen molar-refractivity contribution in [2.24, 2.45) is 0 Å². The fraction of sp³-hybridized carbons (Fsp3) is 1.00. The van der Waals surface area contributed by atoms with Gasteiger partial charge in [-0.25, -0.2) is 0 Å². The van der Waals surface area contributed by atoms with Crippen molar-refractivity contribution < 1.29 is 0 Å². The van der Waals surface area contributed by atoms with E-state index in [-0.39, 0.29) is 0 Å². The highest BCUT2D eigenvalue weighted by Gasteiger charge is 2.70. The molecule has 2 fully saturated rings. The van der Waals surface area contributed by atoms with Crippen LogP contribution in [0.25, 0.3) is 0 Å². The van der Waals surface area contributed by atoms with Crippen LogP contribution in [-0.4, -0.2) is 22.0 Å². The van der Waals surface area contributed by atoms with Gasteiger partial charge in [-0.15, -0.1) is 0 Å². The Morgan fingerprint density at radius 1 is 1.40 bits per heavy atom. The first kappa shape index (κ1) is 6.66. The zero-order valence-electron chi connectivity index (χ0n) is 7.44. The summed E-state index contributed by atoms with van der Waals surface area (Å²) in [5.41, 5.74) is 1.11. The molecule has 2 heterocycles. The molecule has 0 amide bonds. The third-order valence-electron chi connectivity index (χ3n) is 3.66. The molecule has 0 spiro atoms. The van der Waals surface area contributed by atoms with Crippen LogP contribution in [0.15, 0.2) is 0 Å². The molecule has 58 valence electrons. The van der Waals surface area contributed by atoms with Crippen molar-refractivity contribution in [1.29, 1.82) is 0 Å². The van der Waals surface area contributed by atoms with E-state index in [0.717, 1.165) is 6.04 Å². The highest BCUT2D eigenvalue weighted by Crippen LogP contribution is 2.61. The molecule has 0 N–H and O–H groups in total. The summed E-state index contributed by atoms with van der Waals surface area (Å²) in [4.78, 5) is 2.65. The summed E-state index contributed by atoms with van der Waals surface area (Å²) < 4.78 is 0. The van der Waals surface area contributed by atoms with Gasteiger partial charge >= 0.3 is 0 Å². The van der Waals surface area contributed by atoms with E-state index >= 15 is 0 Å². The fourth-order valence-electron chi connectivity index (χ4n) is 2.70. The summed E-state index contributed by atoms with van der Waals surface area (Å²) in [7, 11) is 0. The highest BCUT2D eigenvalue weighted by molar-refractivity contribution is 5.27. The summed E-state index contributed by atoms with van der Waals surface area (Å²) in [5.74, 6) is 0. The normalized spacial score (nSPS) is 55.2. The summed E-state index contributed by atoms with van der Waals surface area (Å²) in [6.45, 7) is 9.40. The maximum atomic E-state index is 2.65. The first-order valence-corrected chi connectivity index (χ1v) is 4.32. The van der Waals surface area contributed by atoms with Crippen LogP contribution in [0.5, 0.6) is 0 Å². The van der Waals surface area contributed by atoms with Crippen molar-refractivity contribution in [3.63, 3.8) is 0 Å². The van der Waals surface area contributed by atoms with Gasteiger partial charge in [0.2, 0.25) is 0 Å². The Labute approximate surface area is 63.4 Å². The summed E-state index contributed by atoms with van der Waals surface area (Å²) in [6.07, 6.45) is 2.74. The van der Waals surface area contributed by atoms with E-state index in [9.17, 15) is 0 Å². The minimum absolute atomic E-state index is 0.546. The topological polar surface area (TPSA) is 3.01 Å². The van der Waals surface area contributed by atoms with Gasteiger partial charge in [-0.3, -0.25) is 4.90 Å². The van der Waals surface area contributed by atoms with E-state index < -0.39 is 0 Å². The molecule has 0 saturated carbocycles. The Morgan fingerprint density at radius 3 is 2.10 bits per heavy atom. The van der Waals surface area contributed by atoms with Gasteiger partial charge in [-0.05, 0) is 33.6 Å². The summed E-state index contributed by atoms with van der Waals surface area (Å²) in [6, 6.07) is 0.928. The lowest BCUT2D eigenvalue weighted by molar-refractivity contribution is 0.110. The molecular weight excluding hydrogens is 122 g/mol. The van der Waals surface area contributed by atoms with Gasteiger partial charge in [0.15, 0.2) is 0 Å². The predicted molar refractivity (Wildman–Crippen MR) is 43.0 cm³/mol. The molecule has 1 heteroatoms. The van der Waals surface area contributed by atoms with Crippen molar-refractivity contribution in [3.05, 3.63) is 0 Å². The van der Waals surface area contributed by atoms with Crippen LogP contribution in [0.3, 0.4) is 0 Å². The van der Waals surface area contributed by atoms with Gasteiger partial charge in [0.05, 0.1) is 0 Å². The smallest absolute Gasteiger partial charge is 0.0318 e. The molecule has 0 bridgehead atoms. The van der Waals surface area contributed by atoms with Crippen LogP contribution in [0.1, 0.15) is 40.5 Å². The molecule has 3 unspecified atom stereocenters. The van der Waals surface area contributed by atoms with Gasteiger partial charge in [-0.1, -0.05) is 6.92 Å². The molecular formula is C9H17N. The summed E-state index contributed by atoms with van der Waals surface area (Å²) in [5, 5.41) is 0. The number of nitrogens with zero attached hydrogens (tertiary/aromatic N) is 1. The number of rotatable bonds is 1. The highest BCUT2D eigenvalue weighted by atomic mass is 15.5. The van der Waals surface area contributed by atoms with E-state index in [4.69, 9.17) is 0 Å². The molecule has 0 radical (unpaired) electrons. The zero-order chi connectivity index (χ0) is 7.57. The number of hydrogen-bond donors (Lipinski definition) is 0. The second kappa shape index (κ2) is 1.42. The second-order valence-electron chi connectivity index (χ2n) is 4.59. The minimum Gasteiger partial charge on any atom is -0.286 e. The van der Waals surface area contributed by atoms with Gasteiger partial charge < -0.3 is 0 Å². The fourth-order valence-corrected chi connectivity index (χ4v) is 2.70. The maximum Gasteiger partial charge on any atom is 0.0318 e. The lowest BCUT2D eigenvalue weighted by Crippen LogP contribution is -2.45. The van der Waals surface area contributed by atoms with Crippen LogP contribution in [0, 0.1) is 0 Å². The van der Waals surface area contributed by atoms with Gasteiger partial charge in [0.1, 0.15) is 0 Å². The minimum atomic E-state index is 0.546. The SMILES string of the molecule is CCC1(C)CC2N1C2(C)C. The summed E-state index contributed by atoms with van der Waals surface area (Å²) >= 11 is 0. The van der Waals surface area contributed by atoms with Crippen molar-refractivity contribution in [2.45, 2.75) is 57.7 Å². The standard InChI is InChI=1S/C9H17N/c1-5-9(4)6-7-8(2,3)10(7)9/h7H,5-6H2,1-4H3. The first-order valence-electron chi connectivity index (χ1n) is 4.32. The van der Waals surface area contributed by atoms with Crippen LogP contribution in [0.4, 0.5) is 0 Å². The van der Waals surface area contributed by atoms with Gasteiger partial charge in [0.25, 0.3) is 0 Å². The molecule has 0 aromatic carbocycles. The van der Waals surface area contributed by atoms with Crippen molar-refractivity contribution in [3.8, 4) is 0 Å².